The summed E-state index contributed by atoms with van der Waals surface area (Å²) in [4.78, 5) is 31.9. The summed E-state index contributed by atoms with van der Waals surface area (Å²) < 4.78 is 20.2. The van der Waals surface area contributed by atoms with E-state index in [1.54, 1.807) is 6.07 Å². The van der Waals surface area contributed by atoms with E-state index in [9.17, 15) is 14.0 Å². The number of anilines is 1. The number of fused-ring (bicyclic) bond motifs is 1. The summed E-state index contributed by atoms with van der Waals surface area (Å²) in [5, 5.41) is 0. The number of para-hydroxylation sites is 2. The van der Waals surface area contributed by atoms with Gasteiger partial charge in [-0.15, -0.1) is 0 Å². The first-order valence-electron chi connectivity index (χ1n) is 12.3. The second kappa shape index (κ2) is 9.37. The van der Waals surface area contributed by atoms with Crippen molar-refractivity contribution in [2.45, 2.75) is 57.7 Å². The molecule has 0 spiro atoms. The minimum atomic E-state index is -0.606. The van der Waals surface area contributed by atoms with Crippen LogP contribution in [-0.2, 0) is 0 Å². The van der Waals surface area contributed by atoms with E-state index in [4.69, 9.17) is 4.74 Å². The maximum absolute atomic E-state index is 14.2. The van der Waals surface area contributed by atoms with Crippen molar-refractivity contribution in [2.75, 3.05) is 31.1 Å². The highest BCUT2D eigenvalue weighted by Crippen LogP contribution is 2.35. The number of carbonyl (C=O) groups excluding carboxylic acids is 2. The molecule has 1 aliphatic carbocycles. The molecule has 0 aromatic heterocycles. The first-order valence-corrected chi connectivity index (χ1v) is 12.3. The van der Waals surface area contributed by atoms with Crippen molar-refractivity contribution >= 4 is 17.5 Å². The van der Waals surface area contributed by atoms with Crippen molar-refractivity contribution in [3.8, 4) is 5.75 Å². The Morgan fingerprint density at radius 1 is 0.853 bits per heavy atom. The van der Waals surface area contributed by atoms with Gasteiger partial charge in [0.1, 0.15) is 11.6 Å². The smallest absolute Gasteiger partial charge is 0.264 e. The number of ether oxygens (including phenoxy) is 1. The fourth-order valence-corrected chi connectivity index (χ4v) is 5.68. The van der Waals surface area contributed by atoms with Gasteiger partial charge in [-0.1, -0.05) is 18.2 Å². The molecule has 6 nitrogen and oxygen atoms in total. The van der Waals surface area contributed by atoms with Gasteiger partial charge >= 0.3 is 0 Å². The van der Waals surface area contributed by atoms with Crippen LogP contribution < -0.4 is 9.64 Å². The molecule has 0 atom stereocenters. The van der Waals surface area contributed by atoms with E-state index in [0.29, 0.717) is 6.04 Å². The van der Waals surface area contributed by atoms with Crippen LogP contribution >= 0.6 is 0 Å². The Morgan fingerprint density at radius 2 is 1.53 bits per heavy atom. The molecule has 2 fully saturated rings. The van der Waals surface area contributed by atoms with Gasteiger partial charge in [0.2, 0.25) is 0 Å². The number of nitrogens with zero attached hydrogens (tertiary/aromatic N) is 3. The summed E-state index contributed by atoms with van der Waals surface area (Å²) in [7, 11) is 0. The lowest BCUT2D eigenvalue weighted by Crippen LogP contribution is -2.52. The number of imide groups is 1. The first-order chi connectivity index (χ1) is 16.4. The quantitative estimate of drug-likeness (QED) is 0.615. The number of benzene rings is 2. The Bertz CT molecular complexity index is 1070. The molecule has 180 valence electrons. The highest BCUT2D eigenvalue weighted by atomic mass is 19.1. The largest absolute Gasteiger partial charge is 0.489 e. The topological polar surface area (TPSA) is 53.1 Å². The van der Waals surface area contributed by atoms with Gasteiger partial charge in [-0.2, -0.15) is 0 Å². The third-order valence-electron chi connectivity index (χ3n) is 7.33. The average molecular weight is 466 g/mol. The fraction of sp³-hybridized carbons (Fsp3) is 0.481. The Labute approximate surface area is 200 Å². The van der Waals surface area contributed by atoms with Crippen LogP contribution in [0.1, 0.15) is 60.2 Å². The highest BCUT2D eigenvalue weighted by molar-refractivity contribution is 6.21. The third kappa shape index (κ3) is 4.17. The second-order valence-electron chi connectivity index (χ2n) is 9.76. The van der Waals surface area contributed by atoms with Gasteiger partial charge in [0, 0.05) is 38.3 Å². The van der Waals surface area contributed by atoms with Gasteiger partial charge in [-0.3, -0.25) is 19.4 Å². The maximum Gasteiger partial charge on any atom is 0.264 e. The van der Waals surface area contributed by atoms with Gasteiger partial charge in [0.15, 0.2) is 0 Å². The van der Waals surface area contributed by atoms with Gasteiger partial charge < -0.3 is 9.64 Å². The van der Waals surface area contributed by atoms with Gasteiger partial charge in [-0.05, 0) is 63.8 Å². The van der Waals surface area contributed by atoms with Gasteiger partial charge in [0.25, 0.3) is 11.8 Å². The van der Waals surface area contributed by atoms with E-state index >= 15 is 0 Å². The maximum atomic E-state index is 14.2. The summed E-state index contributed by atoms with van der Waals surface area (Å²) in [5.74, 6) is -0.495. The van der Waals surface area contributed by atoms with Crippen molar-refractivity contribution in [2.24, 2.45) is 0 Å². The summed E-state index contributed by atoms with van der Waals surface area (Å²) in [6, 6.07) is 12.8. The van der Waals surface area contributed by atoms with E-state index < -0.39 is 11.7 Å². The predicted molar refractivity (Wildman–Crippen MR) is 129 cm³/mol. The molecule has 0 bridgehead atoms. The SMILES string of the molecule is CC(C)Oc1ccccc1N1CCN([C@H]2CC[C@H](N3C(=O)c4cccc(F)c4C3=O)CC2)CC1. The highest BCUT2D eigenvalue weighted by Gasteiger charge is 2.43. The van der Waals surface area contributed by atoms with Gasteiger partial charge in [-0.25, -0.2) is 4.39 Å². The Morgan fingerprint density at radius 3 is 2.21 bits per heavy atom. The van der Waals surface area contributed by atoms with Gasteiger partial charge in [0.05, 0.1) is 22.9 Å². The molecule has 7 heteroatoms. The number of piperazine rings is 1. The molecule has 1 saturated heterocycles. The monoisotopic (exact) mass is 465 g/mol. The Kier molecular flexibility index (Phi) is 6.30. The Balaban J connectivity index is 1.17. The number of carbonyl (C=O) groups is 2. The van der Waals surface area contributed by atoms with Crippen LogP contribution in [0.2, 0.25) is 0 Å². The summed E-state index contributed by atoms with van der Waals surface area (Å²) in [5.41, 5.74) is 1.29. The molecular weight excluding hydrogens is 433 g/mol. The number of hydrogen-bond acceptors (Lipinski definition) is 5. The Hall–Kier alpha value is -2.93. The lowest BCUT2D eigenvalue weighted by molar-refractivity contribution is 0.0489. The second-order valence-corrected chi connectivity index (χ2v) is 9.76. The van der Waals surface area contributed by atoms with Crippen LogP contribution in [0, 0.1) is 5.82 Å². The van der Waals surface area contributed by atoms with Crippen LogP contribution in [0.25, 0.3) is 0 Å². The van der Waals surface area contributed by atoms with E-state index in [0.717, 1.165) is 63.3 Å². The van der Waals surface area contributed by atoms with E-state index in [-0.39, 0.29) is 29.2 Å². The van der Waals surface area contributed by atoms with E-state index in [1.807, 2.05) is 26.0 Å². The molecule has 0 unspecified atom stereocenters. The zero-order valence-corrected chi connectivity index (χ0v) is 19.9. The van der Waals surface area contributed by atoms with Crippen LogP contribution in [-0.4, -0.2) is 66.0 Å². The van der Waals surface area contributed by atoms with E-state index in [2.05, 4.69) is 21.9 Å². The number of halogens is 1. The molecule has 3 aliphatic rings. The van der Waals surface area contributed by atoms with Crippen LogP contribution in [0.15, 0.2) is 42.5 Å². The predicted octanol–water partition coefficient (Wildman–Crippen LogP) is 4.34. The molecular formula is C27H32FN3O3. The number of rotatable bonds is 5. The van der Waals surface area contributed by atoms with Crippen molar-refractivity contribution < 1.29 is 18.7 Å². The molecule has 1 saturated carbocycles. The lowest BCUT2D eigenvalue weighted by Gasteiger charge is -2.43. The molecule has 0 N–H and O–H groups in total. The molecule has 0 radical (unpaired) electrons. The zero-order chi connectivity index (χ0) is 23.8. The minimum Gasteiger partial charge on any atom is -0.489 e. The van der Waals surface area contributed by atoms with Crippen molar-refractivity contribution in [3.63, 3.8) is 0 Å². The molecule has 2 heterocycles. The molecule has 2 aromatic carbocycles. The molecule has 2 amide bonds. The van der Waals surface area contributed by atoms with Crippen molar-refractivity contribution in [3.05, 3.63) is 59.4 Å². The summed E-state index contributed by atoms with van der Waals surface area (Å²) in [6.07, 6.45) is 3.55. The molecule has 2 aliphatic heterocycles. The molecule has 34 heavy (non-hydrogen) atoms. The third-order valence-corrected chi connectivity index (χ3v) is 7.33. The number of amides is 2. The van der Waals surface area contributed by atoms with Crippen molar-refractivity contribution in [1.29, 1.82) is 0 Å². The zero-order valence-electron chi connectivity index (χ0n) is 19.9. The van der Waals surface area contributed by atoms with Crippen molar-refractivity contribution in [1.82, 2.24) is 9.80 Å². The summed E-state index contributed by atoms with van der Waals surface area (Å²) >= 11 is 0. The molecule has 2 aromatic rings. The van der Waals surface area contributed by atoms with E-state index in [1.165, 1.54) is 17.0 Å². The van der Waals surface area contributed by atoms with Crippen LogP contribution in [0.5, 0.6) is 5.75 Å². The summed E-state index contributed by atoms with van der Waals surface area (Å²) in [6.45, 7) is 7.92. The average Bonchev–Trinajstić information content (AvgIpc) is 3.10. The number of hydrogen-bond donors (Lipinski definition) is 0. The standard InChI is InChI=1S/C27H32FN3O3/c1-18(2)34-24-9-4-3-8-23(24)30-16-14-29(15-17-30)19-10-12-20(13-11-19)31-26(32)21-6-5-7-22(28)25(21)27(31)33/h3-9,18-20H,10-17H2,1-2H3/t19-,20-. The van der Waals surface area contributed by atoms with Crippen LogP contribution in [0.3, 0.4) is 0 Å². The first kappa shape index (κ1) is 22.8. The minimum absolute atomic E-state index is 0.0625. The normalized spacial score (nSPS) is 23.5. The fourth-order valence-electron chi connectivity index (χ4n) is 5.68. The van der Waals surface area contributed by atoms with Crippen LogP contribution in [0.4, 0.5) is 10.1 Å². The molecule has 5 rings (SSSR count). The lowest BCUT2D eigenvalue weighted by atomic mass is 9.89.